The normalized spacial score (nSPS) is 10.6. The maximum atomic E-state index is 12.4. The summed E-state index contributed by atoms with van der Waals surface area (Å²) in [6.45, 7) is 0. The number of nitrogens with zero attached hydrogens (tertiary/aromatic N) is 2. The first kappa shape index (κ1) is 14.3. The van der Waals surface area contributed by atoms with E-state index in [9.17, 15) is 14.4 Å². The molecule has 1 aromatic heterocycles. The summed E-state index contributed by atoms with van der Waals surface area (Å²) in [5, 5.41) is 0. The molecule has 0 saturated carbocycles. The quantitative estimate of drug-likeness (QED) is 0.644. The standard InChI is InChI=1S/C13H12BrN3O3/c1-16-6-9(12(19)17(2)13(16)20)11(18)8-5-7(15)3-4-10(8)14/h3-6H,15H2,1-2H3. The molecule has 0 spiro atoms. The number of carbonyl (C=O) groups is 1. The van der Waals surface area contributed by atoms with Gasteiger partial charge in [0, 0.05) is 36.0 Å². The Labute approximate surface area is 122 Å². The first-order chi connectivity index (χ1) is 9.32. The predicted molar refractivity (Wildman–Crippen MR) is 78.9 cm³/mol. The van der Waals surface area contributed by atoms with E-state index in [0.717, 1.165) is 4.57 Å². The molecule has 0 bridgehead atoms. The van der Waals surface area contributed by atoms with Crippen molar-refractivity contribution in [2.24, 2.45) is 14.1 Å². The molecule has 20 heavy (non-hydrogen) atoms. The zero-order chi connectivity index (χ0) is 15.0. The van der Waals surface area contributed by atoms with Gasteiger partial charge in [-0.1, -0.05) is 15.9 Å². The number of rotatable bonds is 2. The Morgan fingerprint density at radius 3 is 2.50 bits per heavy atom. The highest BCUT2D eigenvalue weighted by molar-refractivity contribution is 9.10. The first-order valence-corrected chi connectivity index (χ1v) is 6.48. The van der Waals surface area contributed by atoms with Crippen molar-refractivity contribution in [3.05, 3.63) is 60.8 Å². The second kappa shape index (κ2) is 5.09. The van der Waals surface area contributed by atoms with Gasteiger partial charge in [-0.25, -0.2) is 4.79 Å². The SMILES string of the molecule is Cn1cc(C(=O)c2cc(N)ccc2Br)c(=O)n(C)c1=O. The Balaban J connectivity index is 2.69. The third-order valence-electron chi connectivity index (χ3n) is 2.93. The molecule has 104 valence electrons. The molecular formula is C13H12BrN3O3. The van der Waals surface area contributed by atoms with Crippen LogP contribution in [0.25, 0.3) is 0 Å². The van der Waals surface area contributed by atoms with E-state index in [1.54, 1.807) is 12.1 Å². The van der Waals surface area contributed by atoms with E-state index in [1.807, 2.05) is 0 Å². The number of aromatic nitrogens is 2. The van der Waals surface area contributed by atoms with E-state index in [-0.39, 0.29) is 11.1 Å². The van der Waals surface area contributed by atoms with Crippen LogP contribution in [0.1, 0.15) is 15.9 Å². The van der Waals surface area contributed by atoms with Crippen molar-refractivity contribution in [3.63, 3.8) is 0 Å². The lowest BCUT2D eigenvalue weighted by Crippen LogP contribution is -2.39. The highest BCUT2D eigenvalue weighted by Gasteiger charge is 2.18. The molecule has 2 rings (SSSR count). The average molecular weight is 338 g/mol. The Morgan fingerprint density at radius 1 is 1.20 bits per heavy atom. The van der Waals surface area contributed by atoms with Gasteiger partial charge in [0.25, 0.3) is 5.56 Å². The molecule has 0 amide bonds. The van der Waals surface area contributed by atoms with Crippen LogP contribution in [0.2, 0.25) is 0 Å². The first-order valence-electron chi connectivity index (χ1n) is 5.69. The Kier molecular flexibility index (Phi) is 3.63. The highest BCUT2D eigenvalue weighted by Crippen LogP contribution is 2.21. The lowest BCUT2D eigenvalue weighted by Gasteiger charge is -2.08. The summed E-state index contributed by atoms with van der Waals surface area (Å²) in [5.41, 5.74) is 5.14. The molecule has 1 heterocycles. The van der Waals surface area contributed by atoms with Gasteiger partial charge in [-0.05, 0) is 18.2 Å². The van der Waals surface area contributed by atoms with Crippen molar-refractivity contribution in [1.29, 1.82) is 0 Å². The summed E-state index contributed by atoms with van der Waals surface area (Å²) in [7, 11) is 2.81. The number of nitrogens with two attached hydrogens (primary N) is 1. The minimum absolute atomic E-state index is 0.0825. The third kappa shape index (κ3) is 2.32. The molecule has 0 atom stereocenters. The van der Waals surface area contributed by atoms with E-state index in [4.69, 9.17) is 5.73 Å². The zero-order valence-corrected chi connectivity index (χ0v) is 12.5. The van der Waals surface area contributed by atoms with Crippen LogP contribution in [-0.4, -0.2) is 14.9 Å². The van der Waals surface area contributed by atoms with Crippen molar-refractivity contribution >= 4 is 27.4 Å². The molecule has 0 fully saturated rings. The molecule has 0 unspecified atom stereocenters. The van der Waals surface area contributed by atoms with Gasteiger partial charge >= 0.3 is 5.69 Å². The van der Waals surface area contributed by atoms with Crippen molar-refractivity contribution in [2.45, 2.75) is 0 Å². The van der Waals surface area contributed by atoms with Gasteiger partial charge in [-0.2, -0.15) is 0 Å². The summed E-state index contributed by atoms with van der Waals surface area (Å²) in [6, 6.07) is 4.76. The second-order valence-corrected chi connectivity index (χ2v) is 5.22. The minimum atomic E-state index is -0.632. The topological polar surface area (TPSA) is 87.1 Å². The molecule has 7 heteroatoms. The van der Waals surface area contributed by atoms with Gasteiger partial charge in [-0.3, -0.25) is 14.2 Å². The molecule has 6 nitrogen and oxygen atoms in total. The van der Waals surface area contributed by atoms with Gasteiger partial charge in [0.15, 0.2) is 0 Å². The van der Waals surface area contributed by atoms with Crippen molar-refractivity contribution in [1.82, 2.24) is 9.13 Å². The number of aryl methyl sites for hydroxylation is 1. The predicted octanol–water partition coefficient (Wildman–Crippen LogP) is 0.660. The molecule has 2 N–H and O–H groups in total. The molecule has 0 aliphatic carbocycles. The number of nitrogen functional groups attached to an aromatic ring is 1. The van der Waals surface area contributed by atoms with Crippen LogP contribution < -0.4 is 17.0 Å². The van der Waals surface area contributed by atoms with Crippen LogP contribution >= 0.6 is 15.9 Å². The molecule has 0 aliphatic rings. The lowest BCUT2D eigenvalue weighted by molar-refractivity contribution is 0.103. The van der Waals surface area contributed by atoms with Crippen LogP contribution in [0.3, 0.4) is 0 Å². The van der Waals surface area contributed by atoms with Crippen LogP contribution in [0, 0.1) is 0 Å². The fourth-order valence-electron chi connectivity index (χ4n) is 1.83. The number of carbonyl (C=O) groups excluding carboxylic acids is 1. The van der Waals surface area contributed by atoms with Crippen molar-refractivity contribution in [3.8, 4) is 0 Å². The highest BCUT2D eigenvalue weighted by atomic mass is 79.9. The van der Waals surface area contributed by atoms with Crippen LogP contribution in [-0.2, 0) is 14.1 Å². The van der Waals surface area contributed by atoms with Crippen LogP contribution in [0.15, 0.2) is 38.5 Å². The van der Waals surface area contributed by atoms with Crippen LogP contribution in [0.4, 0.5) is 5.69 Å². The molecule has 1 aromatic carbocycles. The maximum absolute atomic E-state index is 12.4. The fourth-order valence-corrected chi connectivity index (χ4v) is 2.25. The Morgan fingerprint density at radius 2 is 1.85 bits per heavy atom. The van der Waals surface area contributed by atoms with E-state index in [0.29, 0.717) is 10.2 Å². The van der Waals surface area contributed by atoms with Gasteiger partial charge in [0.1, 0.15) is 5.56 Å². The summed E-state index contributed by atoms with van der Waals surface area (Å²) in [5.74, 6) is -0.486. The summed E-state index contributed by atoms with van der Waals surface area (Å²) >= 11 is 3.25. The molecule has 0 radical (unpaired) electrons. The Bertz CT molecular complexity index is 821. The number of halogens is 1. The smallest absolute Gasteiger partial charge is 0.330 e. The van der Waals surface area contributed by atoms with Gasteiger partial charge in [-0.15, -0.1) is 0 Å². The molecular weight excluding hydrogens is 326 g/mol. The summed E-state index contributed by atoms with van der Waals surface area (Å²) in [4.78, 5) is 36.1. The largest absolute Gasteiger partial charge is 0.399 e. The zero-order valence-electron chi connectivity index (χ0n) is 10.9. The number of benzene rings is 1. The van der Waals surface area contributed by atoms with Crippen LogP contribution in [0.5, 0.6) is 0 Å². The summed E-state index contributed by atoms with van der Waals surface area (Å²) in [6.07, 6.45) is 1.24. The van der Waals surface area contributed by atoms with Gasteiger partial charge in [0.05, 0.1) is 0 Å². The average Bonchev–Trinajstić information content (AvgIpc) is 2.42. The summed E-state index contributed by atoms with van der Waals surface area (Å²) < 4.78 is 2.62. The number of anilines is 1. The number of ketones is 1. The van der Waals surface area contributed by atoms with E-state index in [2.05, 4.69) is 15.9 Å². The van der Waals surface area contributed by atoms with Crippen molar-refractivity contribution < 1.29 is 4.79 Å². The monoisotopic (exact) mass is 337 g/mol. The molecule has 0 aliphatic heterocycles. The molecule has 2 aromatic rings. The van der Waals surface area contributed by atoms with E-state index < -0.39 is 17.0 Å². The van der Waals surface area contributed by atoms with E-state index >= 15 is 0 Å². The number of hydrogen-bond donors (Lipinski definition) is 1. The Hall–Kier alpha value is -2.15. The fraction of sp³-hybridized carbons (Fsp3) is 0.154. The molecule has 0 saturated heterocycles. The lowest BCUT2D eigenvalue weighted by atomic mass is 10.1. The second-order valence-electron chi connectivity index (χ2n) is 4.37. The van der Waals surface area contributed by atoms with Gasteiger partial charge in [0.2, 0.25) is 5.78 Å². The van der Waals surface area contributed by atoms with Gasteiger partial charge < -0.3 is 10.3 Å². The van der Waals surface area contributed by atoms with E-state index in [1.165, 1.54) is 30.9 Å². The third-order valence-corrected chi connectivity index (χ3v) is 3.62. The maximum Gasteiger partial charge on any atom is 0.330 e. The number of hydrogen-bond acceptors (Lipinski definition) is 4. The van der Waals surface area contributed by atoms with Crippen molar-refractivity contribution in [2.75, 3.05) is 5.73 Å². The minimum Gasteiger partial charge on any atom is -0.399 e.